The van der Waals surface area contributed by atoms with E-state index in [1.807, 2.05) is 24.3 Å². The van der Waals surface area contributed by atoms with E-state index in [9.17, 15) is 13.2 Å². The van der Waals surface area contributed by atoms with Crippen LogP contribution in [0.15, 0.2) is 93.6 Å². The summed E-state index contributed by atoms with van der Waals surface area (Å²) >= 11 is 0. The van der Waals surface area contributed by atoms with Gasteiger partial charge in [-0.05, 0) is 36.4 Å². The standard InChI is InChI=1S/C22H18N2O4S/c1-28-21-10-6-5-7-16(21)15-24-22(25)20-12-11-19(13-17(20)14-23-24)29(26,27)18-8-3-2-4-9-18/h2-14H,15H2,1H3. The molecule has 0 atom stereocenters. The Hall–Kier alpha value is -3.45. The summed E-state index contributed by atoms with van der Waals surface area (Å²) in [5.74, 6) is 0.672. The molecule has 29 heavy (non-hydrogen) atoms. The Balaban J connectivity index is 1.76. The molecule has 6 nitrogen and oxygen atoms in total. The first kappa shape index (κ1) is 18.9. The fourth-order valence-corrected chi connectivity index (χ4v) is 4.49. The largest absolute Gasteiger partial charge is 0.496 e. The van der Waals surface area contributed by atoms with E-state index in [2.05, 4.69) is 5.10 Å². The quantitative estimate of drug-likeness (QED) is 0.508. The summed E-state index contributed by atoms with van der Waals surface area (Å²) in [6.07, 6.45) is 1.51. The van der Waals surface area contributed by atoms with Gasteiger partial charge in [-0.25, -0.2) is 13.1 Å². The molecule has 1 heterocycles. The Morgan fingerprint density at radius 3 is 2.41 bits per heavy atom. The molecule has 146 valence electrons. The van der Waals surface area contributed by atoms with Crippen molar-refractivity contribution in [2.45, 2.75) is 16.3 Å². The molecule has 0 unspecified atom stereocenters. The summed E-state index contributed by atoms with van der Waals surface area (Å²) in [6.45, 7) is 0.253. The van der Waals surface area contributed by atoms with Gasteiger partial charge < -0.3 is 4.74 Å². The first-order chi connectivity index (χ1) is 14.0. The van der Waals surface area contributed by atoms with E-state index < -0.39 is 9.84 Å². The molecule has 0 saturated heterocycles. The Morgan fingerprint density at radius 1 is 0.931 bits per heavy atom. The average molecular weight is 406 g/mol. The summed E-state index contributed by atoms with van der Waals surface area (Å²) in [4.78, 5) is 13.2. The molecule has 0 N–H and O–H groups in total. The molecule has 7 heteroatoms. The number of aromatic nitrogens is 2. The third kappa shape index (κ3) is 3.52. The van der Waals surface area contributed by atoms with E-state index in [0.29, 0.717) is 16.5 Å². The lowest BCUT2D eigenvalue weighted by atomic mass is 10.2. The van der Waals surface area contributed by atoms with Crippen LogP contribution in [-0.2, 0) is 16.4 Å². The van der Waals surface area contributed by atoms with Crippen LogP contribution >= 0.6 is 0 Å². The monoisotopic (exact) mass is 406 g/mol. The summed E-state index contributed by atoms with van der Waals surface area (Å²) in [6, 6.07) is 20.1. The molecule has 0 aliphatic rings. The van der Waals surface area contributed by atoms with Crippen LogP contribution in [-0.4, -0.2) is 25.3 Å². The number of hydrogen-bond donors (Lipinski definition) is 0. The number of fused-ring (bicyclic) bond motifs is 1. The molecule has 0 fully saturated rings. The summed E-state index contributed by atoms with van der Waals surface area (Å²) < 4.78 is 32.3. The first-order valence-corrected chi connectivity index (χ1v) is 10.4. The third-order valence-corrected chi connectivity index (χ3v) is 6.47. The predicted molar refractivity (Wildman–Crippen MR) is 110 cm³/mol. The Morgan fingerprint density at radius 2 is 1.66 bits per heavy atom. The molecular formula is C22H18N2O4S. The number of rotatable bonds is 5. The van der Waals surface area contributed by atoms with Crippen LogP contribution in [0, 0.1) is 0 Å². The molecule has 0 saturated carbocycles. The molecular weight excluding hydrogens is 388 g/mol. The second kappa shape index (κ2) is 7.52. The molecule has 1 aromatic heterocycles. The SMILES string of the molecule is COc1ccccc1Cn1ncc2cc(S(=O)(=O)c3ccccc3)ccc2c1=O. The van der Waals surface area contributed by atoms with Gasteiger partial charge in [0.2, 0.25) is 9.84 Å². The lowest BCUT2D eigenvalue weighted by Gasteiger charge is -2.10. The van der Waals surface area contributed by atoms with Crippen molar-refractivity contribution in [1.29, 1.82) is 0 Å². The predicted octanol–water partition coefficient (Wildman–Crippen LogP) is 3.29. The van der Waals surface area contributed by atoms with Gasteiger partial charge in [0.05, 0.1) is 35.0 Å². The van der Waals surface area contributed by atoms with Gasteiger partial charge in [-0.15, -0.1) is 0 Å². The van der Waals surface area contributed by atoms with Crippen molar-refractivity contribution in [3.63, 3.8) is 0 Å². The van der Waals surface area contributed by atoms with E-state index in [-0.39, 0.29) is 21.9 Å². The lowest BCUT2D eigenvalue weighted by Crippen LogP contribution is -2.23. The highest BCUT2D eigenvalue weighted by atomic mass is 32.2. The van der Waals surface area contributed by atoms with Crippen LogP contribution < -0.4 is 10.3 Å². The maximum Gasteiger partial charge on any atom is 0.274 e. The van der Waals surface area contributed by atoms with Gasteiger partial charge in [-0.2, -0.15) is 5.10 Å². The molecule has 3 aromatic carbocycles. The number of hydrogen-bond acceptors (Lipinski definition) is 5. The molecule has 0 aliphatic heterocycles. The highest BCUT2D eigenvalue weighted by molar-refractivity contribution is 7.91. The van der Waals surface area contributed by atoms with Crippen molar-refractivity contribution in [1.82, 2.24) is 9.78 Å². The Labute approximate surface area is 167 Å². The average Bonchev–Trinajstić information content (AvgIpc) is 2.76. The maximum atomic E-state index is 12.9. The smallest absolute Gasteiger partial charge is 0.274 e. The van der Waals surface area contributed by atoms with Crippen molar-refractivity contribution in [3.05, 3.63) is 94.9 Å². The van der Waals surface area contributed by atoms with Crippen LogP contribution in [0.2, 0.25) is 0 Å². The van der Waals surface area contributed by atoms with Crippen molar-refractivity contribution < 1.29 is 13.2 Å². The van der Waals surface area contributed by atoms with Gasteiger partial charge in [-0.1, -0.05) is 36.4 Å². The number of benzene rings is 3. The van der Waals surface area contributed by atoms with E-state index in [1.165, 1.54) is 29.1 Å². The van der Waals surface area contributed by atoms with Gasteiger partial charge in [0, 0.05) is 10.9 Å². The highest BCUT2D eigenvalue weighted by Gasteiger charge is 2.18. The van der Waals surface area contributed by atoms with Crippen LogP contribution in [0.1, 0.15) is 5.56 Å². The first-order valence-electron chi connectivity index (χ1n) is 8.92. The fourth-order valence-electron chi connectivity index (χ4n) is 3.18. The zero-order valence-electron chi connectivity index (χ0n) is 15.6. The highest BCUT2D eigenvalue weighted by Crippen LogP contribution is 2.23. The van der Waals surface area contributed by atoms with Gasteiger partial charge in [0.1, 0.15) is 5.75 Å². The summed E-state index contributed by atoms with van der Waals surface area (Å²) in [5.41, 5.74) is 0.532. The van der Waals surface area contributed by atoms with Crippen molar-refractivity contribution in [2.24, 2.45) is 0 Å². The van der Waals surface area contributed by atoms with Crippen LogP contribution in [0.25, 0.3) is 10.8 Å². The summed E-state index contributed by atoms with van der Waals surface area (Å²) in [5, 5.41) is 5.11. The van der Waals surface area contributed by atoms with E-state index in [1.54, 1.807) is 37.4 Å². The van der Waals surface area contributed by atoms with Crippen molar-refractivity contribution in [3.8, 4) is 5.75 Å². The van der Waals surface area contributed by atoms with E-state index in [0.717, 1.165) is 5.56 Å². The minimum absolute atomic E-state index is 0.125. The van der Waals surface area contributed by atoms with Gasteiger partial charge in [0.25, 0.3) is 5.56 Å². The Kier molecular flexibility index (Phi) is 4.90. The van der Waals surface area contributed by atoms with Gasteiger partial charge >= 0.3 is 0 Å². The summed E-state index contributed by atoms with van der Waals surface area (Å²) in [7, 11) is -2.09. The van der Waals surface area contributed by atoms with E-state index in [4.69, 9.17) is 4.74 Å². The molecule has 0 radical (unpaired) electrons. The maximum absolute atomic E-state index is 12.9. The molecule has 4 rings (SSSR count). The minimum Gasteiger partial charge on any atom is -0.496 e. The van der Waals surface area contributed by atoms with Crippen molar-refractivity contribution >= 4 is 20.6 Å². The van der Waals surface area contributed by atoms with Gasteiger partial charge in [-0.3, -0.25) is 4.79 Å². The molecule has 0 bridgehead atoms. The Bertz CT molecular complexity index is 1350. The van der Waals surface area contributed by atoms with Crippen LogP contribution in [0.5, 0.6) is 5.75 Å². The number of sulfone groups is 1. The number of methoxy groups -OCH3 is 1. The fraction of sp³-hybridized carbons (Fsp3) is 0.0909. The second-order valence-corrected chi connectivity index (χ2v) is 8.43. The zero-order valence-corrected chi connectivity index (χ0v) is 16.5. The molecule has 0 spiro atoms. The second-order valence-electron chi connectivity index (χ2n) is 6.48. The molecule has 0 aliphatic carbocycles. The van der Waals surface area contributed by atoms with Crippen LogP contribution in [0.3, 0.4) is 0 Å². The molecule has 4 aromatic rings. The zero-order chi connectivity index (χ0) is 20.4. The normalized spacial score (nSPS) is 11.5. The van der Waals surface area contributed by atoms with Crippen LogP contribution in [0.4, 0.5) is 0 Å². The topological polar surface area (TPSA) is 78.3 Å². The van der Waals surface area contributed by atoms with Crippen molar-refractivity contribution in [2.75, 3.05) is 7.11 Å². The number of ether oxygens (including phenoxy) is 1. The lowest BCUT2D eigenvalue weighted by molar-refractivity contribution is 0.407. The van der Waals surface area contributed by atoms with E-state index >= 15 is 0 Å². The third-order valence-electron chi connectivity index (χ3n) is 4.70. The number of nitrogens with zero attached hydrogens (tertiary/aromatic N) is 2. The van der Waals surface area contributed by atoms with Gasteiger partial charge in [0.15, 0.2) is 0 Å². The minimum atomic E-state index is -3.66. The number of para-hydroxylation sites is 1. The molecule has 0 amide bonds.